The van der Waals surface area contributed by atoms with E-state index < -0.39 is 27.8 Å². The van der Waals surface area contributed by atoms with E-state index in [9.17, 15) is 22.4 Å². The molecule has 1 saturated heterocycles. The van der Waals surface area contributed by atoms with Gasteiger partial charge in [-0.2, -0.15) is 4.31 Å². The van der Waals surface area contributed by atoms with Crippen molar-refractivity contribution in [3.63, 3.8) is 0 Å². The van der Waals surface area contributed by atoms with Gasteiger partial charge in [0.2, 0.25) is 15.9 Å². The largest absolute Gasteiger partial charge is 0.345 e. The molecule has 2 heterocycles. The summed E-state index contributed by atoms with van der Waals surface area (Å²) >= 11 is 7.08. The average Bonchev–Trinajstić information content (AvgIpc) is 3.30. The van der Waals surface area contributed by atoms with Gasteiger partial charge in [0.15, 0.2) is 0 Å². The zero-order valence-electron chi connectivity index (χ0n) is 17.1. The number of sulfonamides is 1. The molecule has 1 aromatic carbocycles. The van der Waals surface area contributed by atoms with E-state index in [-0.39, 0.29) is 30.1 Å². The molecule has 0 bridgehead atoms. The third-order valence-electron chi connectivity index (χ3n) is 4.91. The lowest BCUT2D eigenvalue weighted by atomic mass is 10.1. The lowest BCUT2D eigenvalue weighted by molar-refractivity contribution is -0.120. The molecule has 0 aliphatic carbocycles. The monoisotopic (exact) mass is 485 g/mol. The molecule has 0 spiro atoms. The molecule has 0 radical (unpaired) electrons. The molecule has 0 unspecified atom stereocenters. The van der Waals surface area contributed by atoms with E-state index in [1.807, 2.05) is 0 Å². The minimum atomic E-state index is -3.88. The molecule has 2 aromatic rings. The Labute approximate surface area is 189 Å². The van der Waals surface area contributed by atoms with Crippen LogP contribution in [0.4, 0.5) is 10.1 Å². The SMILES string of the molecule is CN(C)C(=O)c1ccc(N2CC[C@H](N(C)S(=O)(=O)/C=C/c3ccc(Cl)s3)C2=O)c(F)c1. The second-order valence-electron chi connectivity index (χ2n) is 7.17. The maximum atomic E-state index is 14.7. The topological polar surface area (TPSA) is 78.0 Å². The first kappa shape index (κ1) is 23.4. The maximum absolute atomic E-state index is 14.7. The summed E-state index contributed by atoms with van der Waals surface area (Å²) < 4.78 is 41.5. The Morgan fingerprint density at radius 3 is 2.55 bits per heavy atom. The molecule has 1 aromatic heterocycles. The quantitative estimate of drug-likeness (QED) is 0.629. The first-order valence-electron chi connectivity index (χ1n) is 9.25. The second kappa shape index (κ2) is 9.07. The highest BCUT2D eigenvalue weighted by Crippen LogP contribution is 2.29. The smallest absolute Gasteiger partial charge is 0.253 e. The van der Waals surface area contributed by atoms with Gasteiger partial charge in [0.05, 0.1) is 10.0 Å². The number of anilines is 1. The molecule has 1 atom stereocenters. The summed E-state index contributed by atoms with van der Waals surface area (Å²) in [6.07, 6.45) is 1.63. The molecule has 0 N–H and O–H groups in total. The van der Waals surface area contributed by atoms with E-state index >= 15 is 0 Å². The number of thiophene rings is 1. The Morgan fingerprint density at radius 2 is 1.97 bits per heavy atom. The van der Waals surface area contributed by atoms with Crippen LogP contribution in [0, 0.1) is 5.82 Å². The van der Waals surface area contributed by atoms with Gasteiger partial charge in [-0.15, -0.1) is 11.3 Å². The van der Waals surface area contributed by atoms with Gasteiger partial charge in [-0.3, -0.25) is 9.59 Å². The number of halogens is 2. The lowest BCUT2D eigenvalue weighted by Crippen LogP contribution is -2.42. The molecular formula is C20H21ClFN3O4S2. The van der Waals surface area contributed by atoms with Crippen molar-refractivity contribution >= 4 is 56.5 Å². The van der Waals surface area contributed by atoms with Gasteiger partial charge < -0.3 is 9.80 Å². The zero-order chi connectivity index (χ0) is 22.9. The van der Waals surface area contributed by atoms with Gasteiger partial charge in [-0.25, -0.2) is 12.8 Å². The van der Waals surface area contributed by atoms with Gasteiger partial charge in [0.1, 0.15) is 11.9 Å². The Kier molecular flexibility index (Phi) is 6.85. The third kappa shape index (κ3) is 4.98. The molecule has 0 saturated carbocycles. The molecule has 2 amide bonds. The van der Waals surface area contributed by atoms with E-state index in [1.54, 1.807) is 26.2 Å². The molecule has 1 aliphatic rings. The maximum Gasteiger partial charge on any atom is 0.253 e. The fraction of sp³-hybridized carbons (Fsp3) is 0.300. The van der Waals surface area contributed by atoms with E-state index in [1.165, 1.54) is 46.4 Å². The lowest BCUT2D eigenvalue weighted by Gasteiger charge is -2.22. The van der Waals surface area contributed by atoms with Crippen LogP contribution < -0.4 is 4.90 Å². The minimum Gasteiger partial charge on any atom is -0.345 e. The summed E-state index contributed by atoms with van der Waals surface area (Å²) in [5.74, 6) is -1.60. The van der Waals surface area contributed by atoms with Crippen molar-refractivity contribution in [2.24, 2.45) is 0 Å². The molecule has 3 rings (SSSR count). The summed E-state index contributed by atoms with van der Waals surface area (Å²) in [5.41, 5.74) is 0.172. The highest BCUT2D eigenvalue weighted by atomic mass is 35.5. The molecule has 11 heteroatoms. The summed E-state index contributed by atoms with van der Waals surface area (Å²) in [6.45, 7) is 0.158. The summed E-state index contributed by atoms with van der Waals surface area (Å²) in [4.78, 5) is 28.1. The van der Waals surface area contributed by atoms with Gasteiger partial charge in [-0.1, -0.05) is 11.6 Å². The summed E-state index contributed by atoms with van der Waals surface area (Å²) in [6, 6.07) is 6.27. The molecule has 7 nitrogen and oxygen atoms in total. The van der Waals surface area contributed by atoms with Gasteiger partial charge in [0.25, 0.3) is 5.91 Å². The Morgan fingerprint density at radius 1 is 1.26 bits per heavy atom. The number of carbonyl (C=O) groups excluding carboxylic acids is 2. The van der Waals surface area contributed by atoms with E-state index in [4.69, 9.17) is 11.6 Å². The van der Waals surface area contributed by atoms with Crippen LogP contribution >= 0.6 is 22.9 Å². The van der Waals surface area contributed by atoms with Crippen LogP contribution in [0.15, 0.2) is 35.7 Å². The number of amides is 2. The normalized spacial score (nSPS) is 17.2. The Hall–Kier alpha value is -2.27. The number of hydrogen-bond acceptors (Lipinski definition) is 5. The van der Waals surface area contributed by atoms with Crippen LogP contribution in [-0.4, -0.2) is 63.2 Å². The number of rotatable bonds is 6. The predicted molar refractivity (Wildman–Crippen MR) is 120 cm³/mol. The third-order valence-corrected chi connectivity index (χ3v) is 7.64. The average molecular weight is 486 g/mol. The highest BCUT2D eigenvalue weighted by molar-refractivity contribution is 7.92. The van der Waals surface area contributed by atoms with Gasteiger partial charge >= 0.3 is 0 Å². The molecule has 1 aliphatic heterocycles. The van der Waals surface area contributed by atoms with Crippen LogP contribution in [0.2, 0.25) is 4.34 Å². The fourth-order valence-corrected chi connectivity index (χ4v) is 5.31. The second-order valence-corrected chi connectivity index (χ2v) is 10.8. The van der Waals surface area contributed by atoms with Crippen molar-refractivity contribution in [2.45, 2.75) is 12.5 Å². The van der Waals surface area contributed by atoms with Crippen LogP contribution in [0.3, 0.4) is 0 Å². The first-order valence-corrected chi connectivity index (χ1v) is 11.9. The zero-order valence-corrected chi connectivity index (χ0v) is 19.5. The van der Waals surface area contributed by atoms with Crippen LogP contribution in [-0.2, 0) is 14.8 Å². The van der Waals surface area contributed by atoms with Gasteiger partial charge in [0, 0.05) is 43.5 Å². The van der Waals surface area contributed by atoms with Crippen molar-refractivity contribution in [3.05, 3.63) is 56.3 Å². The Balaban J connectivity index is 1.77. The Bertz CT molecular complexity index is 1150. The summed E-state index contributed by atoms with van der Waals surface area (Å²) in [7, 11) is 0.550. The highest BCUT2D eigenvalue weighted by Gasteiger charge is 2.40. The van der Waals surface area contributed by atoms with Crippen LogP contribution in [0.5, 0.6) is 0 Å². The van der Waals surface area contributed by atoms with Crippen LogP contribution in [0.1, 0.15) is 21.7 Å². The predicted octanol–water partition coefficient (Wildman–Crippen LogP) is 3.28. The van der Waals surface area contributed by atoms with Gasteiger partial charge in [-0.05, 0) is 42.8 Å². The molecule has 31 heavy (non-hydrogen) atoms. The number of nitrogens with zero attached hydrogens (tertiary/aromatic N) is 3. The van der Waals surface area contributed by atoms with Crippen molar-refractivity contribution in [1.29, 1.82) is 0 Å². The first-order chi connectivity index (χ1) is 14.5. The number of likely N-dealkylation sites (N-methyl/N-ethyl adjacent to an activating group) is 1. The number of carbonyl (C=O) groups is 2. The van der Waals surface area contributed by atoms with Crippen molar-refractivity contribution < 1.29 is 22.4 Å². The standard InChI is InChI=1S/C20H21ClFN3O4S2/c1-23(2)19(26)13-4-6-16(15(22)12-13)25-10-8-17(20(25)27)24(3)31(28,29)11-9-14-5-7-18(21)30-14/h4-7,9,11-12,17H,8,10H2,1-3H3/b11-9+/t17-/m0/s1. The molecular weight excluding hydrogens is 465 g/mol. The van der Waals surface area contributed by atoms with E-state index in [2.05, 4.69) is 0 Å². The van der Waals surface area contributed by atoms with Crippen LogP contribution in [0.25, 0.3) is 6.08 Å². The van der Waals surface area contributed by atoms with Crippen molar-refractivity contribution in [1.82, 2.24) is 9.21 Å². The summed E-state index contributed by atoms with van der Waals surface area (Å²) in [5, 5.41) is 1.02. The van der Waals surface area contributed by atoms with Crippen molar-refractivity contribution in [2.75, 3.05) is 32.6 Å². The minimum absolute atomic E-state index is 0.0115. The molecule has 1 fully saturated rings. The number of hydrogen-bond donors (Lipinski definition) is 0. The number of benzene rings is 1. The fourth-order valence-electron chi connectivity index (χ4n) is 3.20. The van der Waals surface area contributed by atoms with E-state index in [0.29, 0.717) is 9.21 Å². The van der Waals surface area contributed by atoms with E-state index in [0.717, 1.165) is 15.8 Å². The van der Waals surface area contributed by atoms with Crippen molar-refractivity contribution in [3.8, 4) is 0 Å². The molecule has 166 valence electrons.